The minimum atomic E-state index is 0.161. The topological polar surface area (TPSA) is 46.3 Å². The van der Waals surface area contributed by atoms with Crippen LogP contribution >= 0.6 is 11.6 Å². The lowest BCUT2D eigenvalue weighted by Crippen LogP contribution is -2.25. The summed E-state index contributed by atoms with van der Waals surface area (Å²) in [5, 5.41) is 0.714. The summed E-state index contributed by atoms with van der Waals surface area (Å²) in [6.07, 6.45) is 2.34. The van der Waals surface area contributed by atoms with Crippen molar-refractivity contribution in [2.24, 2.45) is 5.73 Å². The molecule has 0 aromatic heterocycles. The number of rotatable bonds is 6. The number of halogens is 1. The molecule has 0 fully saturated rings. The van der Waals surface area contributed by atoms with Crippen LogP contribution in [-0.4, -0.2) is 24.4 Å². The summed E-state index contributed by atoms with van der Waals surface area (Å²) in [7, 11) is 1.82. The minimum absolute atomic E-state index is 0.161. The molecule has 0 aliphatic heterocycles. The number of nitrogens with zero attached hydrogens (tertiary/aromatic N) is 1. The minimum Gasteiger partial charge on any atom is -0.341 e. The second-order valence-electron chi connectivity index (χ2n) is 4.12. The van der Waals surface area contributed by atoms with Gasteiger partial charge in [0.25, 0.3) is 0 Å². The quantitative estimate of drug-likeness (QED) is 0.793. The first kappa shape index (κ1) is 14.0. The van der Waals surface area contributed by atoms with Gasteiger partial charge in [-0.25, -0.2) is 0 Å². The molecule has 0 aliphatic rings. The van der Waals surface area contributed by atoms with Crippen LogP contribution in [0, 0.1) is 0 Å². The van der Waals surface area contributed by atoms with E-state index in [-0.39, 0.29) is 5.91 Å². The molecule has 0 saturated heterocycles. The van der Waals surface area contributed by atoms with E-state index >= 15 is 0 Å². The molecule has 2 N–H and O–H groups in total. The highest BCUT2D eigenvalue weighted by Crippen LogP contribution is 2.11. The maximum absolute atomic E-state index is 11.7. The van der Waals surface area contributed by atoms with Gasteiger partial charge in [0, 0.05) is 25.0 Å². The number of benzene rings is 1. The van der Waals surface area contributed by atoms with Crippen LogP contribution < -0.4 is 5.73 Å². The summed E-state index contributed by atoms with van der Waals surface area (Å²) < 4.78 is 0. The van der Waals surface area contributed by atoms with Crippen molar-refractivity contribution in [1.82, 2.24) is 4.90 Å². The second-order valence-corrected chi connectivity index (χ2v) is 4.56. The van der Waals surface area contributed by atoms with E-state index in [1.807, 2.05) is 31.3 Å². The van der Waals surface area contributed by atoms with E-state index < -0.39 is 0 Å². The van der Waals surface area contributed by atoms with Gasteiger partial charge in [0.2, 0.25) is 5.91 Å². The largest absolute Gasteiger partial charge is 0.341 e. The standard InChI is InChI=1S/C13H19ClN2O/c1-16(13(17)4-2-3-9-15)10-11-5-7-12(14)8-6-11/h5-8H,2-4,9-10,15H2,1H3. The summed E-state index contributed by atoms with van der Waals surface area (Å²) in [4.78, 5) is 13.5. The highest BCUT2D eigenvalue weighted by Gasteiger charge is 2.08. The summed E-state index contributed by atoms with van der Waals surface area (Å²) in [5.74, 6) is 0.161. The Kier molecular flexibility index (Phi) is 6.01. The van der Waals surface area contributed by atoms with E-state index in [1.165, 1.54) is 0 Å². The van der Waals surface area contributed by atoms with Crippen LogP contribution in [0.3, 0.4) is 0 Å². The average molecular weight is 255 g/mol. The predicted molar refractivity (Wildman–Crippen MR) is 70.8 cm³/mol. The van der Waals surface area contributed by atoms with Crippen molar-refractivity contribution >= 4 is 17.5 Å². The Hall–Kier alpha value is -1.06. The van der Waals surface area contributed by atoms with E-state index in [0.717, 1.165) is 18.4 Å². The number of hydrogen-bond acceptors (Lipinski definition) is 2. The smallest absolute Gasteiger partial charge is 0.222 e. The maximum atomic E-state index is 11.7. The Morgan fingerprint density at radius 2 is 1.94 bits per heavy atom. The monoisotopic (exact) mass is 254 g/mol. The Bertz CT molecular complexity index is 351. The molecule has 1 amide bonds. The van der Waals surface area contributed by atoms with Crippen molar-refractivity contribution in [3.05, 3.63) is 34.9 Å². The SMILES string of the molecule is CN(Cc1ccc(Cl)cc1)C(=O)CCCCN. The molecule has 0 radical (unpaired) electrons. The normalized spacial score (nSPS) is 10.3. The average Bonchev–Trinajstić information content (AvgIpc) is 2.32. The van der Waals surface area contributed by atoms with Crippen molar-refractivity contribution < 1.29 is 4.79 Å². The molecule has 0 aliphatic carbocycles. The zero-order chi connectivity index (χ0) is 12.7. The Morgan fingerprint density at radius 1 is 1.29 bits per heavy atom. The highest BCUT2D eigenvalue weighted by molar-refractivity contribution is 6.30. The summed E-state index contributed by atoms with van der Waals surface area (Å²) in [6, 6.07) is 7.55. The van der Waals surface area contributed by atoms with Gasteiger partial charge in [0.15, 0.2) is 0 Å². The Morgan fingerprint density at radius 3 is 2.53 bits per heavy atom. The van der Waals surface area contributed by atoms with E-state index in [9.17, 15) is 4.79 Å². The van der Waals surface area contributed by atoms with Gasteiger partial charge in [-0.1, -0.05) is 23.7 Å². The fourth-order valence-electron chi connectivity index (χ4n) is 1.56. The fourth-order valence-corrected chi connectivity index (χ4v) is 1.69. The molecule has 17 heavy (non-hydrogen) atoms. The molecule has 0 atom stereocenters. The zero-order valence-electron chi connectivity index (χ0n) is 10.2. The zero-order valence-corrected chi connectivity index (χ0v) is 10.9. The van der Waals surface area contributed by atoms with Gasteiger partial charge in [-0.3, -0.25) is 4.79 Å². The van der Waals surface area contributed by atoms with Gasteiger partial charge in [-0.2, -0.15) is 0 Å². The molecular formula is C13H19ClN2O. The molecule has 4 heteroatoms. The molecule has 1 aromatic rings. The Labute approximate surface area is 108 Å². The lowest BCUT2D eigenvalue weighted by atomic mass is 10.2. The first-order valence-electron chi connectivity index (χ1n) is 5.82. The van der Waals surface area contributed by atoms with Crippen molar-refractivity contribution in [3.63, 3.8) is 0 Å². The predicted octanol–water partition coefficient (Wildman–Crippen LogP) is 2.43. The third-order valence-corrected chi connectivity index (χ3v) is 2.86. The van der Waals surface area contributed by atoms with Crippen LogP contribution in [0.5, 0.6) is 0 Å². The number of amides is 1. The molecule has 0 unspecified atom stereocenters. The van der Waals surface area contributed by atoms with Crippen molar-refractivity contribution in [3.8, 4) is 0 Å². The van der Waals surface area contributed by atoms with E-state index in [4.69, 9.17) is 17.3 Å². The van der Waals surface area contributed by atoms with E-state index in [0.29, 0.717) is 24.5 Å². The van der Waals surface area contributed by atoms with Crippen molar-refractivity contribution in [1.29, 1.82) is 0 Å². The highest BCUT2D eigenvalue weighted by atomic mass is 35.5. The van der Waals surface area contributed by atoms with Gasteiger partial charge in [-0.15, -0.1) is 0 Å². The van der Waals surface area contributed by atoms with Gasteiger partial charge < -0.3 is 10.6 Å². The van der Waals surface area contributed by atoms with Crippen LogP contribution in [0.4, 0.5) is 0 Å². The molecular weight excluding hydrogens is 236 g/mol. The molecule has 0 spiro atoms. The van der Waals surface area contributed by atoms with Gasteiger partial charge in [0.05, 0.1) is 0 Å². The summed E-state index contributed by atoms with van der Waals surface area (Å²) in [6.45, 7) is 1.27. The lowest BCUT2D eigenvalue weighted by Gasteiger charge is -2.17. The number of unbranched alkanes of at least 4 members (excludes halogenated alkanes) is 1. The molecule has 0 heterocycles. The molecule has 3 nitrogen and oxygen atoms in total. The number of carbonyl (C=O) groups excluding carboxylic acids is 1. The van der Waals surface area contributed by atoms with Crippen LogP contribution in [0.2, 0.25) is 5.02 Å². The van der Waals surface area contributed by atoms with Gasteiger partial charge >= 0.3 is 0 Å². The molecule has 1 rings (SSSR count). The van der Waals surface area contributed by atoms with Crippen molar-refractivity contribution in [2.45, 2.75) is 25.8 Å². The molecule has 94 valence electrons. The van der Waals surface area contributed by atoms with Crippen LogP contribution in [0.15, 0.2) is 24.3 Å². The van der Waals surface area contributed by atoms with Gasteiger partial charge in [0.1, 0.15) is 0 Å². The van der Waals surface area contributed by atoms with Crippen LogP contribution in [-0.2, 0) is 11.3 Å². The first-order valence-corrected chi connectivity index (χ1v) is 6.19. The fraction of sp³-hybridized carbons (Fsp3) is 0.462. The van der Waals surface area contributed by atoms with Gasteiger partial charge in [-0.05, 0) is 37.1 Å². The van der Waals surface area contributed by atoms with E-state index in [1.54, 1.807) is 4.90 Å². The maximum Gasteiger partial charge on any atom is 0.222 e. The second kappa shape index (κ2) is 7.30. The summed E-state index contributed by atoms with van der Waals surface area (Å²) in [5.41, 5.74) is 6.48. The number of hydrogen-bond donors (Lipinski definition) is 1. The molecule has 0 saturated carbocycles. The Balaban J connectivity index is 2.40. The van der Waals surface area contributed by atoms with Crippen molar-refractivity contribution in [2.75, 3.05) is 13.6 Å². The molecule has 1 aromatic carbocycles. The van der Waals surface area contributed by atoms with Crippen LogP contribution in [0.25, 0.3) is 0 Å². The third kappa shape index (κ3) is 5.20. The first-order chi connectivity index (χ1) is 8.13. The third-order valence-electron chi connectivity index (χ3n) is 2.60. The number of carbonyl (C=O) groups is 1. The molecule has 0 bridgehead atoms. The number of nitrogens with two attached hydrogens (primary N) is 1. The lowest BCUT2D eigenvalue weighted by molar-refractivity contribution is -0.130. The van der Waals surface area contributed by atoms with Crippen LogP contribution in [0.1, 0.15) is 24.8 Å². The summed E-state index contributed by atoms with van der Waals surface area (Å²) >= 11 is 5.80. The van der Waals surface area contributed by atoms with E-state index in [2.05, 4.69) is 0 Å².